The van der Waals surface area contributed by atoms with Crippen LogP contribution in [-0.4, -0.2) is 37.0 Å². The van der Waals surface area contributed by atoms with Crippen molar-refractivity contribution in [1.82, 2.24) is 30.4 Å². The van der Waals surface area contributed by atoms with Crippen LogP contribution in [0.3, 0.4) is 0 Å². The number of rotatable bonds is 6. The normalized spacial score (nSPS) is 20.2. The number of benzene rings is 1. The highest BCUT2D eigenvalue weighted by atomic mass is 16.2. The average molecular weight is 342 g/mol. The van der Waals surface area contributed by atoms with Crippen molar-refractivity contribution in [1.29, 1.82) is 0 Å². The fourth-order valence-electron chi connectivity index (χ4n) is 2.88. The predicted molar refractivity (Wildman–Crippen MR) is 90.3 cm³/mol. The van der Waals surface area contributed by atoms with Crippen LogP contribution >= 0.6 is 0 Å². The van der Waals surface area contributed by atoms with E-state index in [2.05, 4.69) is 27.8 Å². The Morgan fingerprint density at radius 1 is 1.20 bits per heavy atom. The first-order chi connectivity index (χ1) is 12.0. The van der Waals surface area contributed by atoms with Gasteiger partial charge in [-0.1, -0.05) is 43.2 Å². The molecule has 0 aliphatic carbocycles. The molecule has 1 fully saturated rings. The lowest BCUT2D eigenvalue weighted by atomic mass is 9.91. The molecule has 0 unspecified atom stereocenters. The number of carbonyl (C=O) groups excluding carboxylic acids is 2. The van der Waals surface area contributed by atoms with Crippen LogP contribution < -0.4 is 5.32 Å². The molecule has 2 heterocycles. The van der Waals surface area contributed by atoms with Crippen LogP contribution in [0.5, 0.6) is 0 Å². The van der Waals surface area contributed by atoms with Crippen LogP contribution in [0.2, 0.25) is 0 Å². The Kier molecular flexibility index (Phi) is 4.52. The number of carbonyl (C=O) groups is 2. The molecule has 3 rings (SSSR count). The van der Waals surface area contributed by atoms with Crippen LogP contribution in [0.25, 0.3) is 0 Å². The standard InChI is InChI=1S/C17H22N6O2/c1-4-5-10-23-14(19-20-21-23)11-22-15(24)17(3,18-16(22)25)13-8-6-12(2)7-9-13/h6-9H,4-5,10-11H2,1-3H3,(H,18,25)/t17-/m1/s1. The van der Waals surface area contributed by atoms with Crippen molar-refractivity contribution in [3.8, 4) is 0 Å². The van der Waals surface area contributed by atoms with Gasteiger partial charge in [-0.25, -0.2) is 9.48 Å². The molecule has 132 valence electrons. The Bertz CT molecular complexity index is 785. The first kappa shape index (κ1) is 17.1. The summed E-state index contributed by atoms with van der Waals surface area (Å²) in [5.74, 6) is 0.205. The number of aromatic nitrogens is 4. The Balaban J connectivity index is 1.82. The predicted octanol–water partition coefficient (Wildman–Crippen LogP) is 1.75. The molecule has 1 aromatic carbocycles. The molecule has 0 spiro atoms. The monoisotopic (exact) mass is 342 g/mol. The van der Waals surface area contributed by atoms with Crippen LogP contribution in [0, 0.1) is 6.92 Å². The zero-order valence-corrected chi connectivity index (χ0v) is 14.7. The number of imide groups is 1. The second kappa shape index (κ2) is 6.62. The minimum absolute atomic E-state index is 0.0584. The molecule has 1 aromatic heterocycles. The van der Waals surface area contributed by atoms with Crippen molar-refractivity contribution in [2.45, 2.75) is 52.2 Å². The molecular weight excluding hydrogens is 320 g/mol. The maximum Gasteiger partial charge on any atom is 0.325 e. The fourth-order valence-corrected chi connectivity index (χ4v) is 2.88. The third-order valence-electron chi connectivity index (χ3n) is 4.53. The van der Waals surface area contributed by atoms with E-state index in [0.717, 1.165) is 24.0 Å². The maximum absolute atomic E-state index is 12.9. The number of urea groups is 1. The first-order valence-electron chi connectivity index (χ1n) is 8.42. The molecule has 1 aliphatic rings. The van der Waals surface area contributed by atoms with E-state index in [4.69, 9.17) is 0 Å². The maximum atomic E-state index is 12.9. The van der Waals surface area contributed by atoms with Crippen molar-refractivity contribution in [3.63, 3.8) is 0 Å². The number of amides is 3. The molecule has 0 radical (unpaired) electrons. The number of tetrazole rings is 1. The summed E-state index contributed by atoms with van der Waals surface area (Å²) in [5.41, 5.74) is 0.771. The number of hydrogen-bond acceptors (Lipinski definition) is 5. The zero-order chi connectivity index (χ0) is 18.0. The third kappa shape index (κ3) is 3.11. The van der Waals surface area contributed by atoms with Gasteiger partial charge in [-0.05, 0) is 36.3 Å². The summed E-state index contributed by atoms with van der Waals surface area (Å²) in [7, 11) is 0. The third-order valence-corrected chi connectivity index (χ3v) is 4.53. The fraction of sp³-hybridized carbons (Fsp3) is 0.471. The lowest BCUT2D eigenvalue weighted by molar-refractivity contribution is -0.131. The average Bonchev–Trinajstić information content (AvgIpc) is 3.12. The SMILES string of the molecule is CCCCn1nnnc1CN1C(=O)N[C@](C)(c2ccc(C)cc2)C1=O. The summed E-state index contributed by atoms with van der Waals surface area (Å²) in [6.07, 6.45) is 1.94. The lowest BCUT2D eigenvalue weighted by Crippen LogP contribution is -2.40. The number of aryl methyl sites for hydroxylation is 2. The molecule has 1 atom stereocenters. The van der Waals surface area contributed by atoms with E-state index < -0.39 is 11.6 Å². The largest absolute Gasteiger partial charge is 0.325 e. The number of unbranched alkanes of at least 4 members (excludes halogenated alkanes) is 1. The topological polar surface area (TPSA) is 93.0 Å². The molecule has 8 heteroatoms. The highest BCUT2D eigenvalue weighted by Gasteiger charge is 2.49. The Morgan fingerprint density at radius 3 is 2.60 bits per heavy atom. The summed E-state index contributed by atoms with van der Waals surface area (Å²) in [5, 5.41) is 14.4. The molecule has 2 aromatic rings. The number of nitrogens with one attached hydrogen (secondary N) is 1. The van der Waals surface area contributed by atoms with Crippen molar-refractivity contribution >= 4 is 11.9 Å². The highest BCUT2D eigenvalue weighted by molar-refractivity contribution is 6.07. The van der Waals surface area contributed by atoms with Crippen LogP contribution in [-0.2, 0) is 23.4 Å². The molecular formula is C17H22N6O2. The van der Waals surface area contributed by atoms with Gasteiger partial charge >= 0.3 is 6.03 Å². The van der Waals surface area contributed by atoms with E-state index in [-0.39, 0.29) is 12.5 Å². The van der Waals surface area contributed by atoms with E-state index in [1.807, 2.05) is 31.2 Å². The van der Waals surface area contributed by atoms with Crippen LogP contribution in [0.15, 0.2) is 24.3 Å². The molecule has 25 heavy (non-hydrogen) atoms. The summed E-state index contributed by atoms with van der Waals surface area (Å²) in [6.45, 7) is 6.50. The Labute approximate surface area is 146 Å². The zero-order valence-electron chi connectivity index (χ0n) is 14.7. The van der Waals surface area contributed by atoms with Gasteiger partial charge in [0.05, 0.1) is 6.54 Å². The van der Waals surface area contributed by atoms with Crippen molar-refractivity contribution in [2.75, 3.05) is 0 Å². The number of hydrogen-bond donors (Lipinski definition) is 1. The second-order valence-electron chi connectivity index (χ2n) is 6.48. The van der Waals surface area contributed by atoms with Gasteiger partial charge in [0.15, 0.2) is 5.82 Å². The van der Waals surface area contributed by atoms with E-state index in [0.29, 0.717) is 12.4 Å². The van der Waals surface area contributed by atoms with Gasteiger partial charge in [-0.3, -0.25) is 9.69 Å². The van der Waals surface area contributed by atoms with Gasteiger partial charge in [0.25, 0.3) is 5.91 Å². The van der Waals surface area contributed by atoms with Gasteiger partial charge < -0.3 is 5.32 Å². The van der Waals surface area contributed by atoms with Gasteiger partial charge in [-0.2, -0.15) is 0 Å². The Morgan fingerprint density at radius 2 is 1.92 bits per heavy atom. The molecule has 0 bridgehead atoms. The van der Waals surface area contributed by atoms with E-state index in [9.17, 15) is 9.59 Å². The van der Waals surface area contributed by atoms with E-state index in [1.165, 1.54) is 4.90 Å². The van der Waals surface area contributed by atoms with Gasteiger partial charge in [0.2, 0.25) is 0 Å². The number of nitrogens with zero attached hydrogens (tertiary/aromatic N) is 5. The van der Waals surface area contributed by atoms with Crippen LogP contribution in [0.1, 0.15) is 43.6 Å². The minimum atomic E-state index is -1.08. The summed E-state index contributed by atoms with van der Waals surface area (Å²) >= 11 is 0. The smallest absolute Gasteiger partial charge is 0.319 e. The van der Waals surface area contributed by atoms with E-state index in [1.54, 1.807) is 11.6 Å². The van der Waals surface area contributed by atoms with Gasteiger partial charge in [-0.15, -0.1) is 5.10 Å². The highest BCUT2D eigenvalue weighted by Crippen LogP contribution is 2.29. The van der Waals surface area contributed by atoms with Crippen LogP contribution in [0.4, 0.5) is 4.79 Å². The van der Waals surface area contributed by atoms with Crippen molar-refractivity contribution in [2.24, 2.45) is 0 Å². The quantitative estimate of drug-likeness (QED) is 0.807. The second-order valence-corrected chi connectivity index (χ2v) is 6.48. The first-order valence-corrected chi connectivity index (χ1v) is 8.42. The Hall–Kier alpha value is -2.77. The van der Waals surface area contributed by atoms with Crippen molar-refractivity contribution in [3.05, 3.63) is 41.2 Å². The summed E-state index contributed by atoms with van der Waals surface area (Å²) < 4.78 is 1.64. The molecule has 1 saturated heterocycles. The van der Waals surface area contributed by atoms with E-state index >= 15 is 0 Å². The van der Waals surface area contributed by atoms with Crippen molar-refractivity contribution < 1.29 is 9.59 Å². The minimum Gasteiger partial charge on any atom is -0.319 e. The molecule has 1 N–H and O–H groups in total. The molecule has 3 amide bonds. The summed E-state index contributed by atoms with van der Waals surface area (Å²) in [4.78, 5) is 26.5. The molecule has 1 aliphatic heterocycles. The molecule has 8 nitrogen and oxygen atoms in total. The van der Waals surface area contributed by atoms with Gasteiger partial charge in [0.1, 0.15) is 5.54 Å². The van der Waals surface area contributed by atoms with Gasteiger partial charge in [0, 0.05) is 6.54 Å². The lowest BCUT2D eigenvalue weighted by Gasteiger charge is -2.22. The molecule has 0 saturated carbocycles. The summed E-state index contributed by atoms with van der Waals surface area (Å²) in [6, 6.07) is 7.14.